The number of ether oxygens (including phenoxy) is 1. The molecule has 0 aliphatic heterocycles. The topological polar surface area (TPSA) is 89.4 Å². The number of aliphatic hydroxyl groups is 1. The minimum Gasteiger partial charge on any atom is -0.511 e. The van der Waals surface area contributed by atoms with Gasteiger partial charge in [0.25, 0.3) is 0 Å². The lowest BCUT2D eigenvalue weighted by molar-refractivity contribution is -0.124. The average molecular weight is 417 g/mol. The van der Waals surface area contributed by atoms with Crippen molar-refractivity contribution in [2.45, 2.75) is 32.1 Å². The number of allylic oxidation sites excluding steroid dienone is 2. The van der Waals surface area contributed by atoms with Gasteiger partial charge in [0.05, 0.1) is 10.0 Å². The molecule has 0 spiro atoms. The highest BCUT2D eigenvalue weighted by atomic mass is 79.9. The summed E-state index contributed by atoms with van der Waals surface area (Å²) in [5.74, 6) is -0.454. The molecular weight excluding hydrogens is 400 g/mol. The summed E-state index contributed by atoms with van der Waals surface area (Å²) < 4.78 is 6.38. The van der Waals surface area contributed by atoms with Gasteiger partial charge in [-0.15, -0.1) is 0 Å². The number of carbonyl (C=O) groups excluding carboxylic acids is 2. The number of rotatable bonds is 4. The van der Waals surface area contributed by atoms with Crippen molar-refractivity contribution in [2.75, 3.05) is 0 Å². The van der Waals surface area contributed by atoms with Gasteiger partial charge in [0.15, 0.2) is 11.6 Å². The van der Waals surface area contributed by atoms with Crippen LogP contribution in [0.4, 0.5) is 0 Å². The first-order chi connectivity index (χ1) is 12.5. The van der Waals surface area contributed by atoms with Crippen LogP contribution < -0.4 is 4.74 Å². The second-order valence-corrected chi connectivity index (χ2v) is 6.90. The smallest absolute Gasteiger partial charge is 0.321 e. The van der Waals surface area contributed by atoms with Crippen molar-refractivity contribution in [1.29, 1.82) is 0 Å². The van der Waals surface area contributed by atoms with Crippen molar-refractivity contribution in [3.8, 4) is 11.8 Å². The number of benzene rings is 1. The quantitative estimate of drug-likeness (QED) is 0.454. The maximum Gasteiger partial charge on any atom is 0.321 e. The predicted molar refractivity (Wildman–Crippen MR) is 98.2 cm³/mol. The fraction of sp³-hybridized carbons (Fsp3) is 0.263. The van der Waals surface area contributed by atoms with Gasteiger partial charge in [-0.3, -0.25) is 9.59 Å². The van der Waals surface area contributed by atoms with Crippen LogP contribution in [0.15, 0.2) is 52.5 Å². The molecule has 1 aromatic carbocycles. The molecule has 134 valence electrons. The minimum absolute atomic E-state index is 0.0422. The predicted octanol–water partition coefficient (Wildman–Crippen LogP) is 4.27. The van der Waals surface area contributed by atoms with E-state index in [4.69, 9.17) is 4.74 Å². The van der Waals surface area contributed by atoms with E-state index < -0.39 is 0 Å². The Labute approximate surface area is 159 Å². The van der Waals surface area contributed by atoms with Crippen LogP contribution in [0.3, 0.4) is 0 Å². The zero-order valence-electron chi connectivity index (χ0n) is 14.1. The normalized spacial score (nSPS) is 17.3. The maximum absolute atomic E-state index is 12.3. The molecule has 1 saturated carbocycles. The standard InChI is InChI=1S/C19H17BrN2O4/c1-2-15(23)18-16(24)7-12(8-17(18)25)11-4-3-5-14(6-11)26-19-21-9-13(20)10-22-19/h3-6,9-10,12,23H,2,7-8H2,1H3. The van der Waals surface area contributed by atoms with Crippen molar-refractivity contribution >= 4 is 27.5 Å². The molecule has 1 fully saturated rings. The molecule has 0 atom stereocenters. The number of hydrogen-bond acceptors (Lipinski definition) is 6. The van der Waals surface area contributed by atoms with Gasteiger partial charge in [-0.25, -0.2) is 9.97 Å². The van der Waals surface area contributed by atoms with E-state index >= 15 is 0 Å². The van der Waals surface area contributed by atoms with Gasteiger partial charge in [-0.1, -0.05) is 19.1 Å². The van der Waals surface area contributed by atoms with Crippen LogP contribution in [-0.4, -0.2) is 26.6 Å². The highest BCUT2D eigenvalue weighted by Gasteiger charge is 2.33. The number of aromatic nitrogens is 2. The minimum atomic E-state index is -0.312. The van der Waals surface area contributed by atoms with Gasteiger partial charge in [-0.05, 0) is 39.5 Å². The van der Waals surface area contributed by atoms with Gasteiger partial charge in [0.1, 0.15) is 11.5 Å². The van der Waals surface area contributed by atoms with E-state index in [-0.39, 0.29) is 54.1 Å². The summed E-state index contributed by atoms with van der Waals surface area (Å²) >= 11 is 3.26. The van der Waals surface area contributed by atoms with Gasteiger partial charge < -0.3 is 9.84 Å². The van der Waals surface area contributed by atoms with Gasteiger partial charge in [-0.2, -0.15) is 0 Å². The summed E-state index contributed by atoms with van der Waals surface area (Å²) in [7, 11) is 0. The number of carbonyl (C=O) groups is 2. The number of Topliss-reactive ketones (excluding diaryl/α,β-unsaturated/α-hetero) is 2. The zero-order valence-corrected chi connectivity index (χ0v) is 15.7. The first kappa shape index (κ1) is 18.3. The first-order valence-corrected chi connectivity index (χ1v) is 9.01. The third-order valence-electron chi connectivity index (χ3n) is 4.18. The Hall–Kier alpha value is -2.54. The lowest BCUT2D eigenvalue weighted by Crippen LogP contribution is -2.26. The fourth-order valence-electron chi connectivity index (χ4n) is 2.90. The van der Waals surface area contributed by atoms with Gasteiger partial charge in [0, 0.05) is 31.7 Å². The molecule has 1 aliphatic rings. The lowest BCUT2D eigenvalue weighted by atomic mass is 9.79. The Morgan fingerprint density at radius 3 is 2.50 bits per heavy atom. The number of hydrogen-bond donors (Lipinski definition) is 1. The SMILES string of the molecule is CCC(O)=C1C(=O)CC(c2cccc(Oc3ncc(Br)cn3)c2)CC1=O. The van der Waals surface area contributed by atoms with E-state index in [1.54, 1.807) is 37.5 Å². The van der Waals surface area contributed by atoms with Crippen LogP contribution in [0, 0.1) is 0 Å². The van der Waals surface area contributed by atoms with Crippen LogP contribution >= 0.6 is 15.9 Å². The Morgan fingerprint density at radius 2 is 1.88 bits per heavy atom. The lowest BCUT2D eigenvalue weighted by Gasteiger charge is -2.23. The molecule has 1 N–H and O–H groups in total. The van der Waals surface area contributed by atoms with E-state index in [1.165, 1.54) is 0 Å². The van der Waals surface area contributed by atoms with Crippen molar-refractivity contribution in [2.24, 2.45) is 0 Å². The molecule has 0 bridgehead atoms. The van der Waals surface area contributed by atoms with Crippen LogP contribution in [0.1, 0.15) is 37.7 Å². The molecule has 2 aromatic rings. The summed E-state index contributed by atoms with van der Waals surface area (Å²) in [5.41, 5.74) is 0.788. The van der Waals surface area contributed by atoms with E-state index in [1.807, 2.05) is 6.07 Å². The molecule has 0 saturated heterocycles. The van der Waals surface area contributed by atoms with E-state index in [9.17, 15) is 14.7 Å². The first-order valence-electron chi connectivity index (χ1n) is 8.21. The molecule has 26 heavy (non-hydrogen) atoms. The zero-order chi connectivity index (χ0) is 18.7. The van der Waals surface area contributed by atoms with Crippen LogP contribution in [0.5, 0.6) is 11.8 Å². The summed E-state index contributed by atoms with van der Waals surface area (Å²) in [6, 6.07) is 7.40. The van der Waals surface area contributed by atoms with Crippen LogP contribution in [-0.2, 0) is 9.59 Å². The second-order valence-electron chi connectivity index (χ2n) is 5.99. The summed E-state index contributed by atoms with van der Waals surface area (Å²) in [4.78, 5) is 32.7. The Kier molecular flexibility index (Phi) is 5.46. The molecule has 0 unspecified atom stereocenters. The molecule has 7 heteroatoms. The third-order valence-corrected chi connectivity index (χ3v) is 4.59. The molecule has 1 heterocycles. The summed E-state index contributed by atoms with van der Waals surface area (Å²) in [6.45, 7) is 1.71. The number of halogens is 1. The average Bonchev–Trinajstić information content (AvgIpc) is 2.63. The van der Waals surface area contributed by atoms with Crippen molar-refractivity contribution in [1.82, 2.24) is 9.97 Å². The Bertz CT molecular complexity index is 857. The number of nitrogens with zero attached hydrogens (tertiary/aromatic N) is 2. The summed E-state index contributed by atoms with van der Waals surface area (Å²) in [6.07, 6.45) is 3.80. The number of aliphatic hydroxyl groups excluding tert-OH is 1. The van der Waals surface area contributed by atoms with E-state index in [2.05, 4.69) is 25.9 Å². The van der Waals surface area contributed by atoms with Crippen molar-refractivity contribution in [3.63, 3.8) is 0 Å². The van der Waals surface area contributed by atoms with E-state index in [0.29, 0.717) is 5.75 Å². The Morgan fingerprint density at radius 1 is 1.23 bits per heavy atom. The van der Waals surface area contributed by atoms with Crippen LogP contribution in [0.25, 0.3) is 0 Å². The maximum atomic E-state index is 12.3. The molecule has 0 amide bonds. The molecular formula is C19H17BrN2O4. The van der Waals surface area contributed by atoms with E-state index in [0.717, 1.165) is 10.0 Å². The summed E-state index contributed by atoms with van der Waals surface area (Å²) in [5, 5.41) is 9.81. The molecule has 6 nitrogen and oxygen atoms in total. The van der Waals surface area contributed by atoms with Crippen molar-refractivity contribution in [3.05, 3.63) is 58.0 Å². The molecule has 1 aromatic heterocycles. The molecule has 1 aliphatic carbocycles. The Balaban J connectivity index is 1.79. The largest absolute Gasteiger partial charge is 0.511 e. The second kappa shape index (κ2) is 7.78. The number of ketones is 2. The molecule has 3 rings (SSSR count). The van der Waals surface area contributed by atoms with Gasteiger partial charge in [0.2, 0.25) is 0 Å². The highest BCUT2D eigenvalue weighted by molar-refractivity contribution is 9.10. The molecule has 0 radical (unpaired) electrons. The van der Waals surface area contributed by atoms with Crippen LogP contribution in [0.2, 0.25) is 0 Å². The third kappa shape index (κ3) is 3.99. The van der Waals surface area contributed by atoms with Gasteiger partial charge >= 0.3 is 6.01 Å². The fourth-order valence-corrected chi connectivity index (χ4v) is 3.11. The monoisotopic (exact) mass is 416 g/mol. The highest BCUT2D eigenvalue weighted by Crippen LogP contribution is 2.34. The van der Waals surface area contributed by atoms with Crippen molar-refractivity contribution < 1.29 is 19.4 Å².